The smallest absolute Gasteiger partial charge is 0.343 e. The Hall–Kier alpha value is -1.85. The molecule has 82 valence electrons. The van der Waals surface area contributed by atoms with E-state index in [0.29, 0.717) is 5.69 Å². The number of carbonyl (C=O) groups excluding carboxylic acids is 2. The number of hydrogen-bond acceptors (Lipinski definition) is 6. The summed E-state index contributed by atoms with van der Waals surface area (Å²) in [6.45, 7) is 1.59. The lowest BCUT2D eigenvalue weighted by Gasteiger charge is -1.99. The van der Waals surface area contributed by atoms with E-state index in [1.807, 2.05) is 0 Å². The minimum absolute atomic E-state index is 0.137. The third-order valence-electron chi connectivity index (χ3n) is 1.86. The van der Waals surface area contributed by atoms with Crippen LogP contribution in [-0.2, 0) is 20.7 Å². The standard InChI is InChI=1S/C9H11NO5/c1-5-8(9(12)14-3)6(15-10-5)4-7(11)13-2/h4H2,1-3H3. The van der Waals surface area contributed by atoms with Crippen LogP contribution in [0.25, 0.3) is 0 Å². The van der Waals surface area contributed by atoms with Crippen molar-refractivity contribution in [3.63, 3.8) is 0 Å². The van der Waals surface area contributed by atoms with E-state index in [1.165, 1.54) is 14.2 Å². The molecule has 0 unspecified atom stereocenters. The maximum Gasteiger partial charge on any atom is 0.343 e. The topological polar surface area (TPSA) is 78.6 Å². The van der Waals surface area contributed by atoms with Crippen LogP contribution in [0.3, 0.4) is 0 Å². The molecule has 6 nitrogen and oxygen atoms in total. The molecule has 0 N–H and O–H groups in total. The largest absolute Gasteiger partial charge is 0.469 e. The Morgan fingerprint density at radius 2 is 2.00 bits per heavy atom. The Labute approximate surface area is 86.1 Å². The molecule has 15 heavy (non-hydrogen) atoms. The molecule has 1 rings (SSSR count). The van der Waals surface area contributed by atoms with Gasteiger partial charge in [-0.3, -0.25) is 4.79 Å². The molecule has 0 bridgehead atoms. The van der Waals surface area contributed by atoms with Crippen LogP contribution in [0.5, 0.6) is 0 Å². The van der Waals surface area contributed by atoms with Crippen molar-refractivity contribution >= 4 is 11.9 Å². The quantitative estimate of drug-likeness (QED) is 0.679. The van der Waals surface area contributed by atoms with Crippen molar-refractivity contribution in [2.24, 2.45) is 0 Å². The highest BCUT2D eigenvalue weighted by atomic mass is 16.5. The van der Waals surface area contributed by atoms with Gasteiger partial charge >= 0.3 is 11.9 Å². The van der Waals surface area contributed by atoms with Crippen molar-refractivity contribution in [1.29, 1.82) is 0 Å². The van der Waals surface area contributed by atoms with Crippen LogP contribution in [0.1, 0.15) is 21.8 Å². The predicted molar refractivity (Wildman–Crippen MR) is 48.3 cm³/mol. The first-order chi connectivity index (χ1) is 7.10. The average molecular weight is 213 g/mol. The molecule has 0 atom stereocenters. The Morgan fingerprint density at radius 3 is 2.53 bits per heavy atom. The molecule has 1 aromatic rings. The maximum absolute atomic E-state index is 11.3. The van der Waals surface area contributed by atoms with Gasteiger partial charge in [0.1, 0.15) is 12.0 Å². The van der Waals surface area contributed by atoms with Crippen molar-refractivity contribution in [2.75, 3.05) is 14.2 Å². The number of hydrogen-bond donors (Lipinski definition) is 0. The number of nitrogens with zero attached hydrogens (tertiary/aromatic N) is 1. The molecule has 0 fully saturated rings. The Morgan fingerprint density at radius 1 is 1.33 bits per heavy atom. The van der Waals surface area contributed by atoms with Gasteiger partial charge in [0.25, 0.3) is 0 Å². The molecule has 0 saturated heterocycles. The molecule has 0 aliphatic rings. The molecule has 0 spiro atoms. The summed E-state index contributed by atoms with van der Waals surface area (Å²) >= 11 is 0. The Balaban J connectivity index is 2.98. The third kappa shape index (κ3) is 2.34. The molecule has 1 heterocycles. The second-order valence-electron chi connectivity index (χ2n) is 2.81. The third-order valence-corrected chi connectivity index (χ3v) is 1.86. The summed E-state index contributed by atoms with van der Waals surface area (Å²) < 4.78 is 13.8. The summed E-state index contributed by atoms with van der Waals surface area (Å²) in [6, 6.07) is 0. The SMILES string of the molecule is COC(=O)Cc1onc(C)c1C(=O)OC. The van der Waals surface area contributed by atoms with Gasteiger partial charge in [-0.25, -0.2) is 4.79 Å². The van der Waals surface area contributed by atoms with Crippen LogP contribution < -0.4 is 0 Å². The molecule has 1 aromatic heterocycles. The highest BCUT2D eigenvalue weighted by Gasteiger charge is 2.23. The fourth-order valence-electron chi connectivity index (χ4n) is 1.10. The van der Waals surface area contributed by atoms with Gasteiger partial charge in [-0.2, -0.15) is 0 Å². The van der Waals surface area contributed by atoms with Gasteiger partial charge in [0.2, 0.25) is 0 Å². The van der Waals surface area contributed by atoms with Crippen LogP contribution in [0.4, 0.5) is 0 Å². The number of carbonyl (C=O) groups is 2. The van der Waals surface area contributed by atoms with Crippen molar-refractivity contribution in [3.8, 4) is 0 Å². The molecule has 6 heteroatoms. The van der Waals surface area contributed by atoms with Crippen LogP contribution in [0, 0.1) is 6.92 Å². The number of aromatic nitrogens is 1. The molecule has 0 aromatic carbocycles. The van der Waals surface area contributed by atoms with Crippen LogP contribution >= 0.6 is 0 Å². The molecule has 0 aliphatic carbocycles. The second kappa shape index (κ2) is 4.59. The second-order valence-corrected chi connectivity index (χ2v) is 2.81. The lowest BCUT2D eigenvalue weighted by molar-refractivity contribution is -0.140. The van der Waals surface area contributed by atoms with Gasteiger partial charge in [-0.1, -0.05) is 5.16 Å². The average Bonchev–Trinajstić information content (AvgIpc) is 2.58. The van der Waals surface area contributed by atoms with Gasteiger partial charge in [0.15, 0.2) is 5.76 Å². The van der Waals surface area contributed by atoms with E-state index in [9.17, 15) is 9.59 Å². The van der Waals surface area contributed by atoms with E-state index in [-0.39, 0.29) is 17.7 Å². The highest BCUT2D eigenvalue weighted by molar-refractivity contribution is 5.92. The van der Waals surface area contributed by atoms with Crippen molar-refractivity contribution < 1.29 is 23.6 Å². The highest BCUT2D eigenvalue weighted by Crippen LogP contribution is 2.15. The fourth-order valence-corrected chi connectivity index (χ4v) is 1.10. The summed E-state index contributed by atoms with van der Waals surface area (Å²) in [5.41, 5.74) is 0.573. The summed E-state index contributed by atoms with van der Waals surface area (Å²) in [6.07, 6.45) is -0.137. The molecule has 0 saturated carbocycles. The zero-order valence-corrected chi connectivity index (χ0v) is 8.70. The number of esters is 2. The fraction of sp³-hybridized carbons (Fsp3) is 0.444. The lowest BCUT2D eigenvalue weighted by atomic mass is 10.1. The number of ether oxygens (including phenoxy) is 2. The summed E-state index contributed by atoms with van der Waals surface area (Å²) in [7, 11) is 2.50. The van der Waals surface area contributed by atoms with Crippen molar-refractivity contribution in [2.45, 2.75) is 13.3 Å². The van der Waals surface area contributed by atoms with E-state index in [4.69, 9.17) is 4.52 Å². The molecular weight excluding hydrogens is 202 g/mol. The van der Waals surface area contributed by atoms with Crippen LogP contribution in [0.15, 0.2) is 4.52 Å². The first-order valence-electron chi connectivity index (χ1n) is 4.20. The first kappa shape index (κ1) is 11.2. The van der Waals surface area contributed by atoms with Crippen molar-refractivity contribution in [3.05, 3.63) is 17.0 Å². The van der Waals surface area contributed by atoms with E-state index >= 15 is 0 Å². The number of aryl methyl sites for hydroxylation is 1. The van der Waals surface area contributed by atoms with E-state index in [1.54, 1.807) is 6.92 Å². The lowest BCUT2D eigenvalue weighted by Crippen LogP contribution is -2.10. The van der Waals surface area contributed by atoms with Gasteiger partial charge in [-0.05, 0) is 6.92 Å². The summed E-state index contributed by atoms with van der Waals surface area (Å²) in [5, 5.41) is 3.59. The van der Waals surface area contributed by atoms with Gasteiger partial charge in [-0.15, -0.1) is 0 Å². The Kier molecular flexibility index (Phi) is 3.43. The predicted octanol–water partition coefficient (Wildman–Crippen LogP) is 0.485. The van der Waals surface area contributed by atoms with E-state index < -0.39 is 11.9 Å². The summed E-state index contributed by atoms with van der Waals surface area (Å²) in [4.78, 5) is 22.3. The number of rotatable bonds is 3. The summed E-state index contributed by atoms with van der Waals surface area (Å²) in [5.74, 6) is -0.921. The Bertz CT molecular complexity index is 382. The zero-order valence-electron chi connectivity index (χ0n) is 8.70. The number of methoxy groups -OCH3 is 2. The van der Waals surface area contributed by atoms with Crippen LogP contribution in [0.2, 0.25) is 0 Å². The van der Waals surface area contributed by atoms with Crippen LogP contribution in [-0.4, -0.2) is 31.3 Å². The van der Waals surface area contributed by atoms with Gasteiger partial charge in [0.05, 0.1) is 19.9 Å². The van der Waals surface area contributed by atoms with Gasteiger partial charge < -0.3 is 14.0 Å². The molecule has 0 amide bonds. The molecule has 0 radical (unpaired) electrons. The first-order valence-corrected chi connectivity index (χ1v) is 4.20. The molecular formula is C9H11NO5. The van der Waals surface area contributed by atoms with Crippen molar-refractivity contribution in [1.82, 2.24) is 5.16 Å². The minimum atomic E-state index is -0.576. The minimum Gasteiger partial charge on any atom is -0.469 e. The van der Waals surface area contributed by atoms with E-state index in [2.05, 4.69) is 14.6 Å². The zero-order chi connectivity index (χ0) is 11.4. The molecule has 0 aliphatic heterocycles. The van der Waals surface area contributed by atoms with E-state index in [0.717, 1.165) is 0 Å². The van der Waals surface area contributed by atoms with Gasteiger partial charge in [0, 0.05) is 0 Å². The monoisotopic (exact) mass is 213 g/mol. The maximum atomic E-state index is 11.3. The normalized spacial score (nSPS) is 9.80.